The van der Waals surface area contributed by atoms with E-state index in [2.05, 4.69) is 31.8 Å². The highest BCUT2D eigenvalue weighted by Gasteiger charge is 2.63. The van der Waals surface area contributed by atoms with Crippen molar-refractivity contribution in [2.45, 2.75) is 63.3 Å². The highest BCUT2D eigenvalue weighted by atomic mass is 32.2. The molecule has 1 saturated carbocycles. The van der Waals surface area contributed by atoms with Crippen LogP contribution in [-0.2, 0) is 9.47 Å². The highest BCUT2D eigenvalue weighted by molar-refractivity contribution is 7.99. The van der Waals surface area contributed by atoms with E-state index in [9.17, 15) is 10.2 Å². The molecule has 1 saturated heterocycles. The Morgan fingerprint density at radius 3 is 2.74 bits per heavy atom. The average Bonchev–Trinajstić information content (AvgIpc) is 3.33. The monoisotopic (exact) mass is 510 g/mol. The molecule has 9 N–H and O–H groups in total. The molecule has 2 fully saturated rings. The zero-order chi connectivity index (χ0) is 24.6. The molecule has 4 heterocycles. The molecule has 194 valence electrons. The summed E-state index contributed by atoms with van der Waals surface area (Å²) >= 11 is 1.45. The Labute approximate surface area is 207 Å². The minimum absolute atomic E-state index is 0. The number of hydrogen-bond acceptors (Lipinski definition) is 12. The van der Waals surface area contributed by atoms with Crippen LogP contribution in [0.25, 0.3) is 11.2 Å². The number of nitrogen functional groups attached to an aromatic ring is 1. The smallest absolute Gasteiger partial charge is 0.167 e. The van der Waals surface area contributed by atoms with Crippen molar-refractivity contribution in [3.63, 3.8) is 0 Å². The first kappa shape index (κ1) is 27.1. The normalized spacial score (nSPS) is 33.1. The molecule has 0 bridgehead atoms. The van der Waals surface area contributed by atoms with Crippen LogP contribution in [-0.4, -0.2) is 83.3 Å². The van der Waals surface area contributed by atoms with Crippen molar-refractivity contribution in [2.24, 2.45) is 16.1 Å². The molecule has 5 rings (SSSR count). The van der Waals surface area contributed by atoms with E-state index in [-0.39, 0.29) is 22.8 Å². The summed E-state index contributed by atoms with van der Waals surface area (Å²) in [7, 11) is 0. The summed E-state index contributed by atoms with van der Waals surface area (Å²) in [6.45, 7) is 10.4. The maximum atomic E-state index is 10.6. The predicted molar refractivity (Wildman–Crippen MR) is 133 cm³/mol. The van der Waals surface area contributed by atoms with Crippen molar-refractivity contribution in [1.29, 1.82) is 0 Å². The standard InChI is InChI=1S/C19H26N8O4S.C2H6.H2O/c1-3-30-8(2)19-4-10(19)25-18(26-17(19)21)32-5-9-12(28)13(29)16(31-9)27-7-24-11-14(20)22-6-23-15(11)27;1-2;/h6-7,9-10,12-13,16,18,25,28-29H,2-5H2,1H3,(H2,21,26)(H2,20,22,23);1-2H3;1H2/t9-,10?,12-,13-,16-,18?,19?;;/m1../s1. The number of hydrogen-bond donors (Lipinski definition) is 5. The Bertz CT molecular complexity index is 1080. The van der Waals surface area contributed by atoms with Crippen molar-refractivity contribution in [3.05, 3.63) is 25.0 Å². The first-order valence-corrected chi connectivity index (χ1v) is 12.4. The molecule has 2 aromatic rings. The van der Waals surface area contributed by atoms with Crippen LogP contribution in [0.3, 0.4) is 0 Å². The lowest BCUT2D eigenvalue weighted by molar-refractivity contribution is -0.0289. The van der Waals surface area contributed by atoms with E-state index in [4.69, 9.17) is 20.9 Å². The number of nitrogens with one attached hydrogen (secondary N) is 1. The largest absolute Gasteiger partial charge is 0.498 e. The summed E-state index contributed by atoms with van der Waals surface area (Å²) in [6.07, 6.45) is -0.152. The molecule has 14 heteroatoms. The lowest BCUT2D eigenvalue weighted by Crippen LogP contribution is -2.44. The molecular formula is C21H34N8O5S. The van der Waals surface area contributed by atoms with Gasteiger partial charge in [-0.2, -0.15) is 0 Å². The number of imidazole rings is 1. The van der Waals surface area contributed by atoms with Crippen molar-refractivity contribution in [1.82, 2.24) is 24.8 Å². The molecule has 7 atom stereocenters. The quantitative estimate of drug-likeness (QED) is 0.300. The zero-order valence-electron chi connectivity index (χ0n) is 20.0. The molecule has 0 radical (unpaired) electrons. The number of nitrogens with two attached hydrogens (primary N) is 2. The second-order valence-electron chi connectivity index (χ2n) is 8.08. The van der Waals surface area contributed by atoms with Crippen LogP contribution in [0.4, 0.5) is 5.82 Å². The molecule has 2 aromatic heterocycles. The summed E-state index contributed by atoms with van der Waals surface area (Å²) in [5.74, 6) is 1.76. The molecule has 3 unspecified atom stereocenters. The van der Waals surface area contributed by atoms with Gasteiger partial charge < -0.3 is 36.6 Å². The number of anilines is 1. The Kier molecular flexibility index (Phi) is 8.24. The van der Waals surface area contributed by atoms with Gasteiger partial charge >= 0.3 is 0 Å². The van der Waals surface area contributed by atoms with Gasteiger partial charge in [-0.15, -0.1) is 11.8 Å². The van der Waals surface area contributed by atoms with Gasteiger partial charge in [-0.25, -0.2) is 19.9 Å². The minimum atomic E-state index is -1.16. The SMILES string of the molecule is C=C(OCC)C12CC1NC(SC[C@H]1O[C@@H](n3cnc4c(N)ncnc43)[C@H](O)[C@@H]1O)N=C2N.CC.O. The van der Waals surface area contributed by atoms with Crippen LogP contribution in [0.15, 0.2) is 30.0 Å². The van der Waals surface area contributed by atoms with Crippen LogP contribution in [0.1, 0.15) is 33.4 Å². The Morgan fingerprint density at radius 1 is 1.31 bits per heavy atom. The maximum Gasteiger partial charge on any atom is 0.167 e. The summed E-state index contributed by atoms with van der Waals surface area (Å²) in [6, 6.07) is 0.117. The number of aliphatic hydroxyl groups is 2. The third-order valence-electron chi connectivity index (χ3n) is 6.25. The molecule has 35 heavy (non-hydrogen) atoms. The predicted octanol–water partition coefficient (Wildman–Crippen LogP) is -0.485. The van der Waals surface area contributed by atoms with Crippen molar-refractivity contribution in [3.8, 4) is 0 Å². The van der Waals surface area contributed by atoms with E-state index < -0.39 is 30.0 Å². The van der Waals surface area contributed by atoms with Gasteiger partial charge in [0.05, 0.1) is 19.0 Å². The van der Waals surface area contributed by atoms with E-state index in [1.54, 1.807) is 4.57 Å². The molecule has 2 aliphatic heterocycles. The molecular weight excluding hydrogens is 476 g/mol. The molecule has 0 spiro atoms. The number of aromatic nitrogens is 4. The lowest BCUT2D eigenvalue weighted by Gasteiger charge is -2.28. The molecule has 1 aliphatic carbocycles. The van der Waals surface area contributed by atoms with Gasteiger partial charge in [-0.3, -0.25) is 9.88 Å². The van der Waals surface area contributed by atoms with Gasteiger partial charge in [0.15, 0.2) is 17.7 Å². The summed E-state index contributed by atoms with van der Waals surface area (Å²) < 4.78 is 13.1. The highest BCUT2D eigenvalue weighted by Crippen LogP contribution is 2.54. The van der Waals surface area contributed by atoms with E-state index in [1.807, 2.05) is 20.8 Å². The van der Waals surface area contributed by atoms with Crippen LogP contribution in [0, 0.1) is 5.41 Å². The first-order valence-electron chi connectivity index (χ1n) is 11.3. The number of aliphatic imine (C=N–C) groups is 1. The maximum absolute atomic E-state index is 10.6. The van der Waals surface area contributed by atoms with Gasteiger partial charge in [-0.05, 0) is 13.3 Å². The van der Waals surface area contributed by atoms with Gasteiger partial charge in [-0.1, -0.05) is 20.4 Å². The van der Waals surface area contributed by atoms with Crippen LogP contribution in [0.2, 0.25) is 0 Å². The number of nitrogens with zero attached hydrogens (tertiary/aromatic N) is 5. The van der Waals surface area contributed by atoms with Crippen LogP contribution >= 0.6 is 11.8 Å². The van der Waals surface area contributed by atoms with Crippen LogP contribution < -0.4 is 16.8 Å². The summed E-state index contributed by atoms with van der Waals surface area (Å²) in [5.41, 5.74) is 12.2. The van der Waals surface area contributed by atoms with Crippen molar-refractivity contribution in [2.75, 3.05) is 18.1 Å². The van der Waals surface area contributed by atoms with E-state index in [1.165, 1.54) is 24.4 Å². The number of fused-ring (bicyclic) bond motifs is 2. The second kappa shape index (κ2) is 10.6. The van der Waals surface area contributed by atoms with Gasteiger partial charge in [0.2, 0.25) is 0 Å². The Balaban J connectivity index is 0.00000111. The van der Waals surface area contributed by atoms with E-state index in [0.29, 0.717) is 35.1 Å². The number of thioether (sulfide) groups is 1. The van der Waals surface area contributed by atoms with E-state index >= 15 is 0 Å². The van der Waals surface area contributed by atoms with Gasteiger partial charge in [0.25, 0.3) is 0 Å². The molecule has 0 aromatic carbocycles. The third kappa shape index (κ3) is 4.57. The minimum Gasteiger partial charge on any atom is -0.498 e. The number of ether oxygens (including phenoxy) is 2. The van der Waals surface area contributed by atoms with Gasteiger partial charge in [0.1, 0.15) is 46.6 Å². The third-order valence-corrected chi connectivity index (χ3v) is 7.33. The first-order chi connectivity index (χ1) is 16.4. The molecule has 3 aliphatic rings. The number of aliphatic hydroxyl groups excluding tert-OH is 2. The fourth-order valence-corrected chi connectivity index (χ4v) is 5.47. The molecule has 0 amide bonds. The molecule has 13 nitrogen and oxygen atoms in total. The van der Waals surface area contributed by atoms with E-state index in [0.717, 1.165) is 6.42 Å². The topological polar surface area (TPSA) is 210 Å². The second-order valence-corrected chi connectivity index (χ2v) is 9.19. The summed E-state index contributed by atoms with van der Waals surface area (Å²) in [4.78, 5) is 16.9. The van der Waals surface area contributed by atoms with Crippen molar-refractivity contribution >= 4 is 34.6 Å². The average molecular weight is 511 g/mol. The fourth-order valence-electron chi connectivity index (χ4n) is 4.38. The number of rotatable bonds is 7. The fraction of sp³-hybridized carbons (Fsp3) is 0.619. The Hall–Kier alpha value is -2.49. The Morgan fingerprint density at radius 2 is 2.06 bits per heavy atom. The van der Waals surface area contributed by atoms with Crippen LogP contribution in [0.5, 0.6) is 0 Å². The number of amidine groups is 1. The summed E-state index contributed by atoms with van der Waals surface area (Å²) in [5, 5.41) is 24.6. The lowest BCUT2D eigenvalue weighted by atomic mass is 10.0. The van der Waals surface area contributed by atoms with Gasteiger partial charge in [0, 0.05) is 11.8 Å². The zero-order valence-corrected chi connectivity index (χ0v) is 20.8. The van der Waals surface area contributed by atoms with Crippen molar-refractivity contribution < 1.29 is 25.2 Å².